The highest BCUT2D eigenvalue weighted by molar-refractivity contribution is 5.85. The van der Waals surface area contributed by atoms with E-state index < -0.39 is 0 Å². The second-order valence-electron chi connectivity index (χ2n) is 6.64. The Morgan fingerprint density at radius 1 is 1.16 bits per heavy atom. The number of hydrogen-bond donors (Lipinski definition) is 2. The molecular weight excluding hydrogens is 312 g/mol. The number of guanidine groups is 1. The number of nitrogens with one attached hydrogen (secondary N) is 2. The molecule has 2 rings (SSSR count). The summed E-state index contributed by atoms with van der Waals surface area (Å²) < 4.78 is 0. The largest absolute Gasteiger partial charge is 0.357 e. The molecule has 1 aromatic carbocycles. The van der Waals surface area contributed by atoms with E-state index in [9.17, 15) is 4.79 Å². The van der Waals surface area contributed by atoms with Crippen molar-refractivity contribution in [1.82, 2.24) is 15.5 Å². The molecule has 25 heavy (non-hydrogen) atoms. The zero-order valence-corrected chi connectivity index (χ0v) is 15.6. The number of carbonyl (C=O) groups is 1. The van der Waals surface area contributed by atoms with Crippen molar-refractivity contribution in [2.75, 3.05) is 32.7 Å². The van der Waals surface area contributed by atoms with Gasteiger partial charge >= 0.3 is 0 Å². The molecule has 0 unspecified atom stereocenters. The molecule has 1 aliphatic heterocycles. The van der Waals surface area contributed by atoms with Crippen LogP contribution in [0.2, 0.25) is 0 Å². The molecule has 1 aliphatic rings. The summed E-state index contributed by atoms with van der Waals surface area (Å²) in [6.07, 6.45) is 4.44. The number of nitrogens with zero attached hydrogens (tertiary/aromatic N) is 2. The number of amides is 1. The number of rotatable bonds is 7. The third kappa shape index (κ3) is 6.77. The summed E-state index contributed by atoms with van der Waals surface area (Å²) in [5.74, 6) is 1.60. The quantitative estimate of drug-likeness (QED) is 0.590. The fourth-order valence-corrected chi connectivity index (χ4v) is 3.19. The van der Waals surface area contributed by atoms with E-state index in [0.29, 0.717) is 0 Å². The third-order valence-electron chi connectivity index (χ3n) is 4.56. The van der Waals surface area contributed by atoms with Gasteiger partial charge in [-0.05, 0) is 44.1 Å². The predicted octanol–water partition coefficient (Wildman–Crippen LogP) is 2.43. The summed E-state index contributed by atoms with van der Waals surface area (Å²) in [5.41, 5.74) is 1.43. The average Bonchev–Trinajstić information content (AvgIpc) is 2.65. The lowest BCUT2D eigenvalue weighted by Crippen LogP contribution is -2.46. The van der Waals surface area contributed by atoms with Crippen LogP contribution in [0.3, 0.4) is 0 Å². The maximum absolute atomic E-state index is 11.8. The maximum Gasteiger partial charge on any atom is 0.241 e. The maximum atomic E-state index is 11.8. The molecule has 0 bridgehead atoms. The van der Waals surface area contributed by atoms with Crippen LogP contribution in [0.25, 0.3) is 0 Å². The lowest BCUT2D eigenvalue weighted by molar-refractivity contribution is -0.119. The first-order valence-electron chi connectivity index (χ1n) is 9.56. The fraction of sp³-hybridized carbons (Fsp3) is 0.600. The summed E-state index contributed by atoms with van der Waals surface area (Å²) in [5, 5.41) is 6.20. The van der Waals surface area contributed by atoms with Gasteiger partial charge in [0.1, 0.15) is 6.54 Å². The molecule has 5 heteroatoms. The summed E-state index contributed by atoms with van der Waals surface area (Å²) in [6, 6.07) is 10.7. The monoisotopic (exact) mass is 344 g/mol. The zero-order chi connectivity index (χ0) is 17.9. The minimum atomic E-state index is -0.00350. The Labute approximate surface area is 151 Å². The van der Waals surface area contributed by atoms with Crippen molar-refractivity contribution in [2.24, 2.45) is 10.9 Å². The molecule has 0 aliphatic carbocycles. The molecule has 0 atom stereocenters. The van der Waals surface area contributed by atoms with Crippen molar-refractivity contribution in [3.05, 3.63) is 35.9 Å². The summed E-state index contributed by atoms with van der Waals surface area (Å²) in [7, 11) is 0. The van der Waals surface area contributed by atoms with Gasteiger partial charge in [-0.1, -0.05) is 37.3 Å². The van der Waals surface area contributed by atoms with E-state index in [1.807, 2.05) is 6.92 Å². The van der Waals surface area contributed by atoms with Gasteiger partial charge in [0, 0.05) is 26.2 Å². The van der Waals surface area contributed by atoms with Crippen molar-refractivity contribution in [2.45, 2.75) is 39.5 Å². The van der Waals surface area contributed by atoms with Crippen LogP contribution in [0.5, 0.6) is 0 Å². The topological polar surface area (TPSA) is 56.7 Å². The van der Waals surface area contributed by atoms with E-state index in [4.69, 9.17) is 0 Å². The summed E-state index contributed by atoms with van der Waals surface area (Å²) in [4.78, 5) is 18.6. The van der Waals surface area contributed by atoms with E-state index in [-0.39, 0.29) is 12.5 Å². The van der Waals surface area contributed by atoms with Crippen molar-refractivity contribution in [3.63, 3.8) is 0 Å². The molecule has 0 saturated carbocycles. The van der Waals surface area contributed by atoms with Crippen LogP contribution in [-0.2, 0) is 11.2 Å². The van der Waals surface area contributed by atoms with E-state index in [1.165, 1.54) is 18.4 Å². The lowest BCUT2D eigenvalue weighted by Gasteiger charge is -2.34. The van der Waals surface area contributed by atoms with Crippen LogP contribution in [0.1, 0.15) is 38.7 Å². The number of carbonyl (C=O) groups excluding carboxylic acids is 1. The first-order valence-corrected chi connectivity index (χ1v) is 9.56. The second kappa shape index (κ2) is 10.7. The molecule has 1 heterocycles. The minimum Gasteiger partial charge on any atom is -0.357 e. The first-order chi connectivity index (χ1) is 12.2. The highest BCUT2D eigenvalue weighted by Crippen LogP contribution is 2.21. The van der Waals surface area contributed by atoms with E-state index in [0.717, 1.165) is 50.9 Å². The van der Waals surface area contributed by atoms with E-state index >= 15 is 0 Å². The Kier molecular flexibility index (Phi) is 8.29. The molecule has 0 aromatic heterocycles. The SMILES string of the molecule is CCCNC(=O)CN=C(NCC)N1CCC(Cc2ccccc2)CC1. The van der Waals surface area contributed by atoms with E-state index in [2.05, 4.69) is 57.8 Å². The Morgan fingerprint density at radius 3 is 2.52 bits per heavy atom. The van der Waals surface area contributed by atoms with Crippen molar-refractivity contribution in [3.8, 4) is 0 Å². The highest BCUT2D eigenvalue weighted by Gasteiger charge is 2.21. The van der Waals surface area contributed by atoms with Crippen molar-refractivity contribution >= 4 is 11.9 Å². The van der Waals surface area contributed by atoms with Crippen LogP contribution >= 0.6 is 0 Å². The number of piperidine rings is 1. The molecular formula is C20H32N4O. The van der Waals surface area contributed by atoms with Gasteiger partial charge in [0.05, 0.1) is 0 Å². The molecule has 2 N–H and O–H groups in total. The van der Waals surface area contributed by atoms with Gasteiger partial charge in [0.15, 0.2) is 5.96 Å². The standard InChI is InChI=1S/C20H32N4O/c1-3-12-22-19(25)16-23-20(21-4-2)24-13-10-18(11-14-24)15-17-8-6-5-7-9-17/h5-9,18H,3-4,10-16H2,1-2H3,(H,21,23)(H,22,25). The molecule has 1 saturated heterocycles. The van der Waals surface area contributed by atoms with Gasteiger partial charge < -0.3 is 15.5 Å². The Balaban J connectivity index is 1.83. The van der Waals surface area contributed by atoms with Crippen LogP contribution in [-0.4, -0.2) is 49.5 Å². The predicted molar refractivity (Wildman–Crippen MR) is 104 cm³/mol. The lowest BCUT2D eigenvalue weighted by atomic mass is 9.90. The van der Waals surface area contributed by atoms with Crippen LogP contribution in [0.4, 0.5) is 0 Å². The zero-order valence-electron chi connectivity index (χ0n) is 15.6. The molecule has 0 spiro atoms. The Bertz CT molecular complexity index is 536. The molecule has 5 nitrogen and oxygen atoms in total. The molecule has 1 aromatic rings. The van der Waals surface area contributed by atoms with E-state index in [1.54, 1.807) is 0 Å². The third-order valence-corrected chi connectivity index (χ3v) is 4.56. The minimum absolute atomic E-state index is 0.00350. The summed E-state index contributed by atoms with van der Waals surface area (Å²) in [6.45, 7) is 7.85. The van der Waals surface area contributed by atoms with Gasteiger partial charge in [0.2, 0.25) is 5.91 Å². The number of aliphatic imine (C=N–C) groups is 1. The van der Waals surface area contributed by atoms with Gasteiger partial charge in [-0.3, -0.25) is 4.79 Å². The van der Waals surface area contributed by atoms with Gasteiger partial charge in [0.25, 0.3) is 0 Å². The normalized spacial score (nSPS) is 15.9. The molecule has 0 radical (unpaired) electrons. The van der Waals surface area contributed by atoms with Crippen molar-refractivity contribution in [1.29, 1.82) is 0 Å². The fourth-order valence-electron chi connectivity index (χ4n) is 3.19. The van der Waals surface area contributed by atoms with Crippen LogP contribution in [0, 0.1) is 5.92 Å². The number of benzene rings is 1. The Hall–Kier alpha value is -2.04. The van der Waals surface area contributed by atoms with Crippen LogP contribution < -0.4 is 10.6 Å². The smallest absolute Gasteiger partial charge is 0.241 e. The van der Waals surface area contributed by atoms with Gasteiger partial charge in [-0.15, -0.1) is 0 Å². The van der Waals surface area contributed by atoms with Crippen LogP contribution in [0.15, 0.2) is 35.3 Å². The van der Waals surface area contributed by atoms with Gasteiger partial charge in [-0.25, -0.2) is 4.99 Å². The second-order valence-corrected chi connectivity index (χ2v) is 6.64. The molecule has 1 fully saturated rings. The number of hydrogen-bond acceptors (Lipinski definition) is 2. The first kappa shape index (κ1) is 19.3. The molecule has 1 amide bonds. The average molecular weight is 345 g/mol. The molecule has 138 valence electrons. The number of likely N-dealkylation sites (tertiary alicyclic amines) is 1. The van der Waals surface area contributed by atoms with Gasteiger partial charge in [-0.2, -0.15) is 0 Å². The van der Waals surface area contributed by atoms with Crippen molar-refractivity contribution < 1.29 is 4.79 Å². The Morgan fingerprint density at radius 2 is 1.88 bits per heavy atom. The highest BCUT2D eigenvalue weighted by atomic mass is 16.1. The summed E-state index contributed by atoms with van der Waals surface area (Å²) >= 11 is 0.